The van der Waals surface area contributed by atoms with Crippen molar-refractivity contribution in [1.29, 1.82) is 0 Å². The maximum absolute atomic E-state index is 4.52. The molecule has 15 heavy (non-hydrogen) atoms. The van der Waals surface area contributed by atoms with Crippen LogP contribution in [0.3, 0.4) is 0 Å². The van der Waals surface area contributed by atoms with E-state index in [1.54, 1.807) is 0 Å². The van der Waals surface area contributed by atoms with Gasteiger partial charge in [0.05, 0.1) is 6.04 Å². The fourth-order valence-electron chi connectivity index (χ4n) is 1.59. The molecule has 0 aromatic carbocycles. The zero-order valence-corrected chi connectivity index (χ0v) is 10.2. The Labute approximate surface area is 92.1 Å². The van der Waals surface area contributed by atoms with Crippen molar-refractivity contribution in [3.05, 3.63) is 11.6 Å². The van der Waals surface area contributed by atoms with Crippen LogP contribution in [0.2, 0.25) is 0 Å². The summed E-state index contributed by atoms with van der Waals surface area (Å²) in [6, 6.07) is 0.382. The van der Waals surface area contributed by atoms with E-state index in [1.165, 1.54) is 0 Å². The van der Waals surface area contributed by atoms with E-state index in [0.29, 0.717) is 6.04 Å². The van der Waals surface area contributed by atoms with E-state index >= 15 is 0 Å². The summed E-state index contributed by atoms with van der Waals surface area (Å²) in [4.78, 5) is 4.50. The molecule has 1 rings (SSSR count). The highest BCUT2D eigenvalue weighted by Gasteiger charge is 2.12. The molecule has 1 heterocycles. The molecule has 0 aliphatic carbocycles. The maximum Gasteiger partial charge on any atom is 0.150 e. The second-order valence-corrected chi connectivity index (χ2v) is 3.75. The van der Waals surface area contributed by atoms with Gasteiger partial charge < -0.3 is 5.32 Å². The highest BCUT2D eigenvalue weighted by atomic mass is 15.4. The molecule has 1 N–H and O–H groups in total. The summed E-state index contributed by atoms with van der Waals surface area (Å²) in [5.74, 6) is 2.05. The molecular formula is C11H22N4. The first-order valence-corrected chi connectivity index (χ1v) is 5.87. The van der Waals surface area contributed by atoms with Gasteiger partial charge in [0.2, 0.25) is 0 Å². The second kappa shape index (κ2) is 5.85. The molecule has 86 valence electrons. The van der Waals surface area contributed by atoms with E-state index in [1.807, 2.05) is 0 Å². The minimum Gasteiger partial charge on any atom is -0.315 e. The van der Waals surface area contributed by atoms with Gasteiger partial charge in [0.15, 0.2) is 5.82 Å². The Morgan fingerprint density at radius 2 is 2.00 bits per heavy atom. The molecule has 1 atom stereocenters. The van der Waals surface area contributed by atoms with Gasteiger partial charge in [-0.1, -0.05) is 20.8 Å². The number of rotatable bonds is 6. The first-order chi connectivity index (χ1) is 7.22. The smallest absolute Gasteiger partial charge is 0.150 e. The quantitative estimate of drug-likeness (QED) is 0.775. The molecule has 0 saturated heterocycles. The lowest BCUT2D eigenvalue weighted by Gasteiger charge is -2.13. The van der Waals surface area contributed by atoms with Crippen LogP contribution in [-0.2, 0) is 12.8 Å². The van der Waals surface area contributed by atoms with E-state index in [4.69, 9.17) is 0 Å². The van der Waals surface area contributed by atoms with Gasteiger partial charge in [-0.2, -0.15) is 5.10 Å². The van der Waals surface area contributed by atoms with E-state index in [9.17, 15) is 0 Å². The van der Waals surface area contributed by atoms with E-state index < -0.39 is 0 Å². The standard InChI is InChI=1S/C11H22N4/c1-5-10-13-11(6-2)15(14-10)9(4)8-12-7-3/h9,12H,5-8H2,1-4H3. The van der Waals surface area contributed by atoms with Crippen molar-refractivity contribution in [2.24, 2.45) is 0 Å². The van der Waals surface area contributed by atoms with Gasteiger partial charge in [0.25, 0.3) is 0 Å². The molecule has 1 unspecified atom stereocenters. The topological polar surface area (TPSA) is 42.7 Å². The summed E-state index contributed by atoms with van der Waals surface area (Å²) < 4.78 is 2.06. The maximum atomic E-state index is 4.52. The van der Waals surface area contributed by atoms with Crippen LogP contribution in [0.25, 0.3) is 0 Å². The monoisotopic (exact) mass is 210 g/mol. The predicted octanol–water partition coefficient (Wildman–Crippen LogP) is 1.57. The molecule has 0 radical (unpaired) electrons. The third kappa shape index (κ3) is 3.02. The SMILES string of the molecule is CCNCC(C)n1nc(CC)nc1CC. The lowest BCUT2D eigenvalue weighted by atomic mass is 10.3. The van der Waals surface area contributed by atoms with E-state index in [0.717, 1.165) is 37.6 Å². The summed E-state index contributed by atoms with van der Waals surface area (Å²) >= 11 is 0. The van der Waals surface area contributed by atoms with Gasteiger partial charge in [0, 0.05) is 19.4 Å². The third-order valence-corrected chi connectivity index (χ3v) is 2.49. The fraction of sp³-hybridized carbons (Fsp3) is 0.818. The zero-order chi connectivity index (χ0) is 11.3. The largest absolute Gasteiger partial charge is 0.315 e. The average Bonchev–Trinajstić information content (AvgIpc) is 2.69. The molecule has 0 saturated carbocycles. The zero-order valence-electron chi connectivity index (χ0n) is 10.2. The summed E-state index contributed by atoms with van der Waals surface area (Å²) in [6.07, 6.45) is 1.86. The molecule has 0 fully saturated rings. The van der Waals surface area contributed by atoms with E-state index in [-0.39, 0.29) is 0 Å². The number of nitrogens with one attached hydrogen (secondary N) is 1. The van der Waals surface area contributed by atoms with Crippen LogP contribution >= 0.6 is 0 Å². The highest BCUT2D eigenvalue weighted by Crippen LogP contribution is 2.08. The first kappa shape index (κ1) is 12.2. The summed E-state index contributed by atoms with van der Waals surface area (Å²) in [6.45, 7) is 10.5. The summed E-state index contributed by atoms with van der Waals surface area (Å²) in [5, 5.41) is 7.85. The van der Waals surface area contributed by atoms with Crippen molar-refractivity contribution in [1.82, 2.24) is 20.1 Å². The van der Waals surface area contributed by atoms with Crippen molar-refractivity contribution in [2.75, 3.05) is 13.1 Å². The number of likely N-dealkylation sites (N-methyl/N-ethyl adjacent to an activating group) is 1. The molecule has 0 aliphatic heterocycles. The van der Waals surface area contributed by atoms with Crippen LogP contribution in [0.15, 0.2) is 0 Å². The average molecular weight is 210 g/mol. The van der Waals surface area contributed by atoms with Crippen LogP contribution in [0.5, 0.6) is 0 Å². The summed E-state index contributed by atoms with van der Waals surface area (Å²) in [5.41, 5.74) is 0. The fourth-order valence-corrected chi connectivity index (χ4v) is 1.59. The van der Waals surface area contributed by atoms with E-state index in [2.05, 4.69) is 47.8 Å². The van der Waals surface area contributed by atoms with Crippen LogP contribution in [0.1, 0.15) is 45.4 Å². The van der Waals surface area contributed by atoms with Crippen molar-refractivity contribution >= 4 is 0 Å². The lowest BCUT2D eigenvalue weighted by Crippen LogP contribution is -2.25. The minimum atomic E-state index is 0.382. The van der Waals surface area contributed by atoms with Crippen molar-refractivity contribution in [2.45, 2.75) is 46.6 Å². The van der Waals surface area contributed by atoms with Gasteiger partial charge in [-0.15, -0.1) is 0 Å². The van der Waals surface area contributed by atoms with Crippen LogP contribution in [-0.4, -0.2) is 27.9 Å². The molecule has 1 aromatic heterocycles. The Morgan fingerprint density at radius 1 is 1.27 bits per heavy atom. The lowest BCUT2D eigenvalue weighted by molar-refractivity contribution is 0.442. The normalized spacial score (nSPS) is 13.1. The molecule has 4 heteroatoms. The second-order valence-electron chi connectivity index (χ2n) is 3.75. The highest BCUT2D eigenvalue weighted by molar-refractivity contribution is 4.94. The molecule has 0 aliphatic rings. The predicted molar refractivity (Wildman–Crippen MR) is 62.0 cm³/mol. The number of aryl methyl sites for hydroxylation is 2. The molecule has 1 aromatic rings. The van der Waals surface area contributed by atoms with Gasteiger partial charge in [-0.3, -0.25) is 0 Å². The third-order valence-electron chi connectivity index (χ3n) is 2.49. The Hall–Kier alpha value is -0.900. The van der Waals surface area contributed by atoms with Gasteiger partial charge in [0.1, 0.15) is 5.82 Å². The number of aromatic nitrogens is 3. The first-order valence-electron chi connectivity index (χ1n) is 5.87. The molecule has 0 amide bonds. The molecule has 0 spiro atoms. The number of hydrogen-bond acceptors (Lipinski definition) is 3. The van der Waals surface area contributed by atoms with Crippen LogP contribution in [0.4, 0.5) is 0 Å². The number of hydrogen-bond donors (Lipinski definition) is 1. The Morgan fingerprint density at radius 3 is 2.53 bits per heavy atom. The minimum absolute atomic E-state index is 0.382. The molecule has 4 nitrogen and oxygen atoms in total. The van der Waals surface area contributed by atoms with Crippen molar-refractivity contribution < 1.29 is 0 Å². The Kier molecular flexibility index (Phi) is 4.75. The number of nitrogens with zero attached hydrogens (tertiary/aromatic N) is 3. The van der Waals surface area contributed by atoms with Crippen molar-refractivity contribution in [3.63, 3.8) is 0 Å². The van der Waals surface area contributed by atoms with Crippen LogP contribution < -0.4 is 5.32 Å². The molecule has 0 bridgehead atoms. The van der Waals surface area contributed by atoms with Crippen LogP contribution in [0, 0.1) is 0 Å². The van der Waals surface area contributed by atoms with Gasteiger partial charge in [-0.05, 0) is 13.5 Å². The summed E-state index contributed by atoms with van der Waals surface area (Å²) in [7, 11) is 0. The van der Waals surface area contributed by atoms with Crippen molar-refractivity contribution in [3.8, 4) is 0 Å². The van der Waals surface area contributed by atoms with Gasteiger partial charge >= 0.3 is 0 Å². The Bertz CT molecular complexity index is 293. The van der Waals surface area contributed by atoms with Gasteiger partial charge in [-0.25, -0.2) is 9.67 Å². The Balaban J connectivity index is 2.76. The molecular weight excluding hydrogens is 188 g/mol.